The summed E-state index contributed by atoms with van der Waals surface area (Å²) in [5, 5.41) is 17.9. The Morgan fingerprint density at radius 1 is 1.40 bits per heavy atom. The van der Waals surface area contributed by atoms with Crippen LogP contribution in [0.25, 0.3) is 11.7 Å². The summed E-state index contributed by atoms with van der Waals surface area (Å²) >= 11 is 0. The first-order valence-corrected chi connectivity index (χ1v) is 12.0. The lowest BCUT2D eigenvalue weighted by Gasteiger charge is -2.32. The van der Waals surface area contributed by atoms with Crippen LogP contribution >= 0.6 is 0 Å². The first-order valence-electron chi connectivity index (χ1n) is 12.0. The number of carbonyl (C=O) groups is 1. The van der Waals surface area contributed by atoms with Crippen LogP contribution in [0, 0.1) is 5.41 Å². The van der Waals surface area contributed by atoms with Crippen molar-refractivity contribution < 1.29 is 19.4 Å². The van der Waals surface area contributed by atoms with Crippen LogP contribution in [0.2, 0.25) is 0 Å². The molecule has 2 fully saturated rings. The molecule has 1 atom stereocenters. The fourth-order valence-electron chi connectivity index (χ4n) is 4.19. The normalized spacial score (nSPS) is 19.4. The number of hydrogen-bond acceptors (Lipinski definition) is 7. The molecule has 0 aromatic carbocycles. The molecule has 1 amide bonds. The summed E-state index contributed by atoms with van der Waals surface area (Å²) < 4.78 is 14.1. The highest BCUT2D eigenvalue weighted by Gasteiger charge is 2.30. The van der Waals surface area contributed by atoms with Crippen LogP contribution in [-0.2, 0) is 16.0 Å². The Balaban J connectivity index is 1.57. The second-order valence-corrected chi connectivity index (χ2v) is 10.6. The Morgan fingerprint density at radius 3 is 2.80 bits per heavy atom. The fraction of sp³-hybridized carbons (Fsp3) is 0.560. The van der Waals surface area contributed by atoms with E-state index >= 15 is 0 Å². The molecule has 1 aliphatic heterocycles. The number of rotatable bonds is 8. The van der Waals surface area contributed by atoms with Crippen molar-refractivity contribution in [1.29, 1.82) is 0 Å². The van der Waals surface area contributed by atoms with Crippen molar-refractivity contribution in [3.8, 4) is 5.88 Å². The Morgan fingerprint density at radius 2 is 2.14 bits per heavy atom. The first-order chi connectivity index (χ1) is 16.5. The van der Waals surface area contributed by atoms with E-state index in [9.17, 15) is 14.7 Å². The minimum Gasteiger partial charge on any atom is -0.493 e. The predicted molar refractivity (Wildman–Crippen MR) is 132 cm³/mol. The molecule has 35 heavy (non-hydrogen) atoms. The Labute approximate surface area is 204 Å². The maximum Gasteiger partial charge on any atom is 0.270 e. The van der Waals surface area contributed by atoms with Crippen molar-refractivity contribution in [2.24, 2.45) is 5.41 Å². The number of nitrogens with zero attached hydrogens (tertiary/aromatic N) is 4. The lowest BCUT2D eigenvalue weighted by atomic mass is 9.96. The van der Waals surface area contributed by atoms with Gasteiger partial charge in [-0.25, -0.2) is 0 Å². The van der Waals surface area contributed by atoms with Gasteiger partial charge in [-0.15, -0.1) is 0 Å². The number of aromatic hydroxyl groups is 1. The van der Waals surface area contributed by atoms with Gasteiger partial charge in [-0.2, -0.15) is 9.61 Å². The van der Waals surface area contributed by atoms with E-state index in [1.807, 2.05) is 39.8 Å². The third-order valence-electron chi connectivity index (χ3n) is 5.75. The average Bonchev–Trinajstić information content (AvgIpc) is 3.45. The van der Waals surface area contributed by atoms with Crippen molar-refractivity contribution in [3.05, 3.63) is 46.1 Å². The first kappa shape index (κ1) is 25.0. The van der Waals surface area contributed by atoms with E-state index < -0.39 is 17.3 Å². The molecule has 2 N–H and O–H groups in total. The summed E-state index contributed by atoms with van der Waals surface area (Å²) in [7, 11) is 0. The number of aromatic nitrogens is 3. The Hall–Kier alpha value is -3.11. The number of carbonyl (C=O) groups excluding carboxylic acids is 1. The number of amides is 1. The van der Waals surface area contributed by atoms with Gasteiger partial charge in [-0.05, 0) is 25.2 Å². The largest absolute Gasteiger partial charge is 0.493 e. The van der Waals surface area contributed by atoms with Gasteiger partial charge in [-0.1, -0.05) is 39.5 Å². The second kappa shape index (κ2) is 9.87. The van der Waals surface area contributed by atoms with E-state index in [0.717, 1.165) is 25.1 Å². The molecule has 0 radical (unpaired) electrons. The van der Waals surface area contributed by atoms with Gasteiger partial charge < -0.3 is 19.9 Å². The van der Waals surface area contributed by atoms with E-state index in [1.165, 1.54) is 9.08 Å². The second-order valence-electron chi connectivity index (χ2n) is 10.6. The molecule has 10 nitrogen and oxygen atoms in total. The van der Waals surface area contributed by atoms with E-state index in [0.29, 0.717) is 37.6 Å². The van der Waals surface area contributed by atoms with Crippen LogP contribution < -0.4 is 10.9 Å². The van der Waals surface area contributed by atoms with Gasteiger partial charge in [0, 0.05) is 24.7 Å². The van der Waals surface area contributed by atoms with Gasteiger partial charge in [0.1, 0.15) is 17.5 Å². The maximum absolute atomic E-state index is 13.4. The summed E-state index contributed by atoms with van der Waals surface area (Å²) in [6.07, 6.45) is 7.06. The van der Waals surface area contributed by atoms with Crippen molar-refractivity contribution in [2.45, 2.75) is 59.2 Å². The van der Waals surface area contributed by atoms with Crippen LogP contribution in [0.15, 0.2) is 29.4 Å². The molecule has 0 unspecified atom stereocenters. The number of ether oxygens (including phenoxy) is 2. The summed E-state index contributed by atoms with van der Waals surface area (Å²) in [4.78, 5) is 28.3. The molecule has 190 valence electrons. The van der Waals surface area contributed by atoms with Gasteiger partial charge in [0.05, 0.1) is 26.1 Å². The quantitative estimate of drug-likeness (QED) is 0.552. The minimum absolute atomic E-state index is 0.0583. The number of hydrogen-bond donors (Lipinski definition) is 2. The molecule has 0 spiro atoms. The Kier molecular flexibility index (Phi) is 7.05. The van der Waals surface area contributed by atoms with Crippen LogP contribution in [0.4, 0.5) is 0 Å². The van der Waals surface area contributed by atoms with Crippen LogP contribution in [0.5, 0.6) is 5.88 Å². The molecule has 2 aromatic rings. The third-order valence-corrected chi connectivity index (χ3v) is 5.75. The molecule has 1 saturated heterocycles. The molecule has 0 bridgehead atoms. The molecular weight excluding hydrogens is 450 g/mol. The van der Waals surface area contributed by atoms with Crippen molar-refractivity contribution >= 4 is 17.6 Å². The number of morpholine rings is 1. The molecule has 1 aliphatic carbocycles. The summed E-state index contributed by atoms with van der Waals surface area (Å²) in [5.74, 6) is -0.289. The van der Waals surface area contributed by atoms with Gasteiger partial charge in [0.15, 0.2) is 5.56 Å². The van der Waals surface area contributed by atoms with Crippen molar-refractivity contribution in [2.75, 3.05) is 26.4 Å². The monoisotopic (exact) mass is 485 g/mol. The topological polar surface area (TPSA) is 110 Å². The lowest BCUT2D eigenvalue weighted by Crippen LogP contribution is -2.40. The average molecular weight is 486 g/mol. The molecule has 2 aliphatic rings. The molecular formula is C25H35N5O5. The molecule has 10 heteroatoms. The van der Waals surface area contributed by atoms with Gasteiger partial charge in [0.2, 0.25) is 5.88 Å². The maximum atomic E-state index is 13.4. The van der Waals surface area contributed by atoms with E-state index in [4.69, 9.17) is 9.47 Å². The number of nitrogens with one attached hydrogen (secondary N) is 1. The highest BCUT2D eigenvalue weighted by Crippen LogP contribution is 2.25. The van der Waals surface area contributed by atoms with Crippen LogP contribution in [-0.4, -0.2) is 68.7 Å². The zero-order chi connectivity index (χ0) is 25.3. The van der Waals surface area contributed by atoms with Gasteiger partial charge in [0.25, 0.3) is 11.5 Å². The van der Waals surface area contributed by atoms with Crippen LogP contribution in [0.3, 0.4) is 0 Å². The predicted octanol–water partition coefficient (Wildman–Crippen LogP) is 2.36. The highest BCUT2D eigenvalue weighted by atomic mass is 16.5. The summed E-state index contributed by atoms with van der Waals surface area (Å²) in [6.45, 7) is 14.5. The van der Waals surface area contributed by atoms with E-state index in [2.05, 4.69) is 21.9 Å². The summed E-state index contributed by atoms with van der Waals surface area (Å²) in [6, 6.07) is 0.0583. The lowest BCUT2D eigenvalue weighted by molar-refractivity contribution is -0.0265. The number of fused-ring (bicyclic) bond motifs is 1. The van der Waals surface area contributed by atoms with Crippen molar-refractivity contribution in [1.82, 2.24) is 24.4 Å². The van der Waals surface area contributed by atoms with E-state index in [1.54, 1.807) is 6.20 Å². The molecule has 4 rings (SSSR count). The summed E-state index contributed by atoms with van der Waals surface area (Å²) in [5.41, 5.74) is 0.0138. The van der Waals surface area contributed by atoms with E-state index in [-0.39, 0.29) is 23.1 Å². The molecule has 1 saturated carbocycles. The zero-order valence-electron chi connectivity index (χ0n) is 20.9. The zero-order valence-corrected chi connectivity index (χ0v) is 20.9. The molecule has 3 heterocycles. The SMILES string of the molecule is C=C1CN(COC/C=C/c2cnn3c(O)c(C(=O)NC4CC4)c(=O)n(CC(C)(C)C)c23)C[C@@H](C)O1. The highest BCUT2D eigenvalue weighted by molar-refractivity contribution is 5.96. The third kappa shape index (κ3) is 5.94. The fourth-order valence-corrected chi connectivity index (χ4v) is 4.19. The van der Waals surface area contributed by atoms with Crippen molar-refractivity contribution in [3.63, 3.8) is 0 Å². The smallest absolute Gasteiger partial charge is 0.270 e. The Bertz CT molecular complexity index is 1200. The minimum atomic E-state index is -0.569. The standard InChI is InChI=1S/C25H35N5O5/c1-16-12-28(13-17(2)35-16)15-34-10-6-7-18-11-26-30-22(18)29(14-25(3,4)5)23(32)20(24(30)33)21(31)27-19-8-9-19/h6-7,11,17,19,33H,1,8-10,12-15H2,2-5H3,(H,27,31)/b7-6+/t17-/m1/s1. The van der Waals surface area contributed by atoms with Gasteiger partial charge >= 0.3 is 0 Å². The molecule has 2 aromatic heterocycles. The van der Waals surface area contributed by atoms with Crippen LogP contribution in [0.1, 0.15) is 56.5 Å². The van der Waals surface area contributed by atoms with Gasteiger partial charge in [-0.3, -0.25) is 19.1 Å².